The molecule has 116 valence electrons. The van der Waals surface area contributed by atoms with E-state index in [1.165, 1.54) is 12.8 Å². The highest BCUT2D eigenvalue weighted by Gasteiger charge is 2.31. The van der Waals surface area contributed by atoms with E-state index in [0.717, 1.165) is 25.1 Å². The van der Waals surface area contributed by atoms with Crippen LogP contribution in [-0.4, -0.2) is 30.3 Å². The number of aromatic carboxylic acids is 1. The Morgan fingerprint density at radius 2 is 2.24 bits per heavy atom. The molecule has 1 aliphatic heterocycles. The number of hydrogen-bond acceptors (Lipinski definition) is 3. The number of carboxylic acids is 1. The maximum absolute atomic E-state index is 11.0. The summed E-state index contributed by atoms with van der Waals surface area (Å²) in [5.74, 6) is -0.882. The minimum absolute atomic E-state index is 0.0881. The molecule has 4 heteroatoms. The van der Waals surface area contributed by atoms with Gasteiger partial charge in [0.15, 0.2) is 0 Å². The van der Waals surface area contributed by atoms with Gasteiger partial charge in [0.05, 0.1) is 11.7 Å². The minimum atomic E-state index is -0.882. The van der Waals surface area contributed by atoms with E-state index in [1.54, 1.807) is 18.2 Å². The van der Waals surface area contributed by atoms with Crippen molar-refractivity contribution in [1.29, 1.82) is 0 Å². The SMILES string of the molecule is CC(C)(CNCc1cccc(C(=O)O)c1)C1CCCCO1. The van der Waals surface area contributed by atoms with Gasteiger partial charge in [-0.15, -0.1) is 0 Å². The van der Waals surface area contributed by atoms with Gasteiger partial charge in [0, 0.05) is 25.1 Å². The Balaban J connectivity index is 1.85. The first-order chi connectivity index (χ1) is 9.99. The predicted octanol–water partition coefficient (Wildman–Crippen LogP) is 3.07. The van der Waals surface area contributed by atoms with Gasteiger partial charge in [0.1, 0.15) is 0 Å². The molecule has 0 aliphatic carbocycles. The number of hydrogen-bond donors (Lipinski definition) is 2. The molecule has 1 aromatic rings. The van der Waals surface area contributed by atoms with Gasteiger partial charge >= 0.3 is 5.97 Å². The third-order valence-corrected chi connectivity index (χ3v) is 4.13. The van der Waals surface area contributed by atoms with Crippen LogP contribution in [0.1, 0.15) is 49.0 Å². The van der Waals surface area contributed by atoms with Crippen LogP contribution >= 0.6 is 0 Å². The third-order valence-electron chi connectivity index (χ3n) is 4.13. The second-order valence-electron chi connectivity index (χ2n) is 6.45. The lowest BCUT2D eigenvalue weighted by Gasteiger charge is -2.37. The summed E-state index contributed by atoms with van der Waals surface area (Å²) in [6, 6.07) is 7.07. The molecule has 2 rings (SSSR count). The molecule has 0 spiro atoms. The van der Waals surface area contributed by atoms with Crippen molar-refractivity contribution < 1.29 is 14.6 Å². The summed E-state index contributed by atoms with van der Waals surface area (Å²) in [7, 11) is 0. The molecule has 0 radical (unpaired) electrons. The van der Waals surface area contributed by atoms with Crippen molar-refractivity contribution in [3.63, 3.8) is 0 Å². The first kappa shape index (κ1) is 16.0. The topological polar surface area (TPSA) is 58.6 Å². The molecule has 1 aliphatic rings. The van der Waals surface area contributed by atoms with Crippen LogP contribution in [0.3, 0.4) is 0 Å². The van der Waals surface area contributed by atoms with Crippen LogP contribution in [0.4, 0.5) is 0 Å². The first-order valence-electron chi connectivity index (χ1n) is 7.63. The van der Waals surface area contributed by atoms with E-state index in [9.17, 15) is 4.79 Å². The van der Waals surface area contributed by atoms with Crippen molar-refractivity contribution in [3.8, 4) is 0 Å². The molecular formula is C17H25NO3. The molecular weight excluding hydrogens is 266 g/mol. The fourth-order valence-corrected chi connectivity index (χ4v) is 2.81. The third kappa shape index (κ3) is 4.55. The largest absolute Gasteiger partial charge is 0.478 e. The van der Waals surface area contributed by atoms with Gasteiger partial charge in [-0.05, 0) is 37.0 Å². The summed E-state index contributed by atoms with van der Waals surface area (Å²) in [4.78, 5) is 11.0. The average molecular weight is 291 g/mol. The van der Waals surface area contributed by atoms with E-state index in [-0.39, 0.29) is 5.41 Å². The number of nitrogens with one attached hydrogen (secondary N) is 1. The van der Waals surface area contributed by atoms with Crippen molar-refractivity contribution in [1.82, 2.24) is 5.32 Å². The number of ether oxygens (including phenoxy) is 1. The highest BCUT2D eigenvalue weighted by molar-refractivity contribution is 5.87. The second-order valence-corrected chi connectivity index (χ2v) is 6.45. The van der Waals surface area contributed by atoms with Crippen LogP contribution in [0.2, 0.25) is 0 Å². The average Bonchev–Trinajstić information content (AvgIpc) is 2.48. The lowest BCUT2D eigenvalue weighted by atomic mass is 9.82. The van der Waals surface area contributed by atoms with Crippen LogP contribution in [0.25, 0.3) is 0 Å². The molecule has 1 saturated heterocycles. The lowest BCUT2D eigenvalue weighted by Crippen LogP contribution is -2.42. The standard InChI is InChI=1S/C17H25NO3/c1-17(2,15-8-3-4-9-21-15)12-18-11-13-6-5-7-14(10-13)16(19)20/h5-7,10,15,18H,3-4,8-9,11-12H2,1-2H3,(H,19,20). The molecule has 0 aromatic heterocycles. The molecule has 2 N–H and O–H groups in total. The Morgan fingerprint density at radius 3 is 2.90 bits per heavy atom. The quantitative estimate of drug-likeness (QED) is 0.845. The van der Waals surface area contributed by atoms with Gasteiger partial charge in [-0.25, -0.2) is 4.79 Å². The summed E-state index contributed by atoms with van der Waals surface area (Å²) in [6.45, 7) is 6.86. The minimum Gasteiger partial charge on any atom is -0.478 e. The second kappa shape index (κ2) is 7.05. The van der Waals surface area contributed by atoms with Gasteiger partial charge in [-0.2, -0.15) is 0 Å². The van der Waals surface area contributed by atoms with Crippen molar-refractivity contribution in [3.05, 3.63) is 35.4 Å². The predicted molar refractivity (Wildman–Crippen MR) is 82.5 cm³/mol. The number of benzene rings is 1. The molecule has 0 bridgehead atoms. The first-order valence-corrected chi connectivity index (χ1v) is 7.63. The van der Waals surface area contributed by atoms with Crippen LogP contribution in [-0.2, 0) is 11.3 Å². The molecule has 21 heavy (non-hydrogen) atoms. The number of rotatable bonds is 6. The maximum atomic E-state index is 11.0. The summed E-state index contributed by atoms with van der Waals surface area (Å²) >= 11 is 0. The van der Waals surface area contributed by atoms with Crippen molar-refractivity contribution in [2.45, 2.75) is 45.8 Å². The van der Waals surface area contributed by atoms with E-state index < -0.39 is 5.97 Å². The highest BCUT2D eigenvalue weighted by Crippen LogP contribution is 2.29. The van der Waals surface area contributed by atoms with Gasteiger partial charge in [0.25, 0.3) is 0 Å². The Labute approximate surface area is 126 Å². The molecule has 4 nitrogen and oxygen atoms in total. The van der Waals surface area contributed by atoms with E-state index in [1.807, 2.05) is 6.07 Å². The van der Waals surface area contributed by atoms with Crippen molar-refractivity contribution in [2.24, 2.45) is 5.41 Å². The summed E-state index contributed by atoms with van der Waals surface area (Å²) in [5, 5.41) is 12.4. The van der Waals surface area contributed by atoms with Crippen LogP contribution in [0.5, 0.6) is 0 Å². The number of carbonyl (C=O) groups is 1. The van der Waals surface area contributed by atoms with Crippen molar-refractivity contribution in [2.75, 3.05) is 13.2 Å². The Morgan fingerprint density at radius 1 is 1.43 bits per heavy atom. The fourth-order valence-electron chi connectivity index (χ4n) is 2.81. The smallest absolute Gasteiger partial charge is 0.335 e. The summed E-state index contributed by atoms with van der Waals surface area (Å²) < 4.78 is 5.88. The number of carboxylic acid groups (broad SMARTS) is 1. The molecule has 1 aromatic carbocycles. The Hall–Kier alpha value is -1.39. The molecule has 1 fully saturated rings. The zero-order valence-corrected chi connectivity index (χ0v) is 12.9. The highest BCUT2D eigenvalue weighted by atomic mass is 16.5. The van der Waals surface area contributed by atoms with Gasteiger partial charge < -0.3 is 15.2 Å². The normalized spacial score (nSPS) is 19.4. The van der Waals surface area contributed by atoms with E-state index >= 15 is 0 Å². The van der Waals surface area contributed by atoms with E-state index in [2.05, 4.69) is 19.2 Å². The van der Waals surface area contributed by atoms with Gasteiger partial charge in [-0.3, -0.25) is 0 Å². The zero-order chi connectivity index (χ0) is 15.3. The van der Waals surface area contributed by atoms with Gasteiger partial charge in [-0.1, -0.05) is 26.0 Å². The molecule has 0 saturated carbocycles. The van der Waals surface area contributed by atoms with Gasteiger partial charge in [0.2, 0.25) is 0 Å². The lowest BCUT2D eigenvalue weighted by molar-refractivity contribution is -0.0538. The summed E-state index contributed by atoms with van der Waals surface area (Å²) in [5.41, 5.74) is 1.42. The molecule has 1 atom stereocenters. The molecule has 1 unspecified atom stereocenters. The van der Waals surface area contributed by atoms with Crippen LogP contribution in [0, 0.1) is 5.41 Å². The van der Waals surface area contributed by atoms with E-state index in [0.29, 0.717) is 18.2 Å². The maximum Gasteiger partial charge on any atom is 0.335 e. The van der Waals surface area contributed by atoms with E-state index in [4.69, 9.17) is 9.84 Å². The molecule has 0 amide bonds. The Bertz CT molecular complexity index is 479. The summed E-state index contributed by atoms with van der Waals surface area (Å²) in [6.07, 6.45) is 3.85. The Kier molecular flexibility index (Phi) is 5.37. The zero-order valence-electron chi connectivity index (χ0n) is 12.9. The van der Waals surface area contributed by atoms with Crippen molar-refractivity contribution >= 4 is 5.97 Å². The molecule has 1 heterocycles. The monoisotopic (exact) mass is 291 g/mol. The fraction of sp³-hybridized carbons (Fsp3) is 0.588. The van der Waals surface area contributed by atoms with Crippen LogP contribution < -0.4 is 5.32 Å². The van der Waals surface area contributed by atoms with Crippen LogP contribution in [0.15, 0.2) is 24.3 Å².